The Balaban J connectivity index is 1.70. The summed E-state index contributed by atoms with van der Waals surface area (Å²) >= 11 is 0. The van der Waals surface area contributed by atoms with Crippen LogP contribution in [0.2, 0.25) is 0 Å². The molecule has 29 heavy (non-hydrogen) atoms. The van der Waals surface area contributed by atoms with Gasteiger partial charge in [0.2, 0.25) is 0 Å². The van der Waals surface area contributed by atoms with Crippen LogP contribution in [-0.2, 0) is 6.54 Å². The van der Waals surface area contributed by atoms with Crippen molar-refractivity contribution in [1.82, 2.24) is 10.3 Å². The Morgan fingerprint density at radius 2 is 1.97 bits per heavy atom. The Labute approximate surface area is 169 Å². The van der Waals surface area contributed by atoms with Gasteiger partial charge in [-0.15, -0.1) is 0 Å². The largest absolute Gasteiger partial charge is 0.494 e. The third kappa shape index (κ3) is 4.29. The zero-order valence-corrected chi connectivity index (χ0v) is 16.2. The number of aromatic nitrogens is 1. The summed E-state index contributed by atoms with van der Waals surface area (Å²) in [5.74, 6) is 1.33. The normalized spacial score (nSPS) is 10.8. The second-order valence-electron chi connectivity index (χ2n) is 6.71. The minimum absolute atomic E-state index is 0.167. The molecule has 1 amide bonds. The van der Waals surface area contributed by atoms with Gasteiger partial charge in [-0.25, -0.2) is 4.98 Å². The number of fused-ring (bicyclic) bond motifs is 1. The molecule has 5 heteroatoms. The summed E-state index contributed by atoms with van der Waals surface area (Å²) in [6.45, 7) is 3.07. The van der Waals surface area contributed by atoms with Crippen LogP contribution in [0.25, 0.3) is 22.2 Å². The van der Waals surface area contributed by atoms with E-state index in [0.717, 1.165) is 34.3 Å². The molecule has 0 unspecified atom stereocenters. The highest BCUT2D eigenvalue weighted by atomic mass is 16.5. The zero-order valence-electron chi connectivity index (χ0n) is 16.2. The van der Waals surface area contributed by atoms with E-state index in [1.807, 2.05) is 60.7 Å². The highest BCUT2D eigenvalue weighted by molar-refractivity contribution is 6.07. The van der Waals surface area contributed by atoms with E-state index in [1.165, 1.54) is 0 Å². The van der Waals surface area contributed by atoms with Gasteiger partial charge in [0, 0.05) is 10.9 Å². The molecule has 0 saturated carbocycles. The Kier molecular flexibility index (Phi) is 5.56. The second kappa shape index (κ2) is 8.61. The third-order valence-corrected chi connectivity index (χ3v) is 4.57. The number of pyridine rings is 1. The summed E-state index contributed by atoms with van der Waals surface area (Å²) in [6.07, 6.45) is 2.54. The van der Waals surface area contributed by atoms with Gasteiger partial charge in [0.05, 0.1) is 36.2 Å². The van der Waals surface area contributed by atoms with Crippen LogP contribution in [0.15, 0.2) is 77.4 Å². The van der Waals surface area contributed by atoms with Crippen LogP contribution >= 0.6 is 0 Å². The van der Waals surface area contributed by atoms with Crippen LogP contribution < -0.4 is 10.1 Å². The first kappa shape index (κ1) is 18.7. The quantitative estimate of drug-likeness (QED) is 0.473. The SMILES string of the molecule is CCCOc1cccc(-c2cc(C(=O)NCc3ccco3)c3ccccc3n2)c1. The fourth-order valence-electron chi connectivity index (χ4n) is 3.15. The molecule has 0 aliphatic rings. The number of carbonyl (C=O) groups excluding carboxylic acids is 1. The minimum atomic E-state index is -0.167. The predicted molar refractivity (Wildman–Crippen MR) is 113 cm³/mol. The second-order valence-corrected chi connectivity index (χ2v) is 6.71. The molecule has 4 aromatic rings. The zero-order chi connectivity index (χ0) is 20.1. The number of ether oxygens (including phenoxy) is 1. The molecule has 146 valence electrons. The standard InChI is InChI=1S/C24H22N2O3/c1-2-12-28-18-8-5-7-17(14-18)23-15-21(20-10-3-4-11-22(20)26-23)24(27)25-16-19-9-6-13-29-19/h3-11,13-15H,2,12,16H2,1H3,(H,25,27). The molecule has 0 bridgehead atoms. The van der Waals surface area contributed by atoms with Gasteiger partial charge in [-0.05, 0) is 42.8 Å². The molecule has 2 aromatic heterocycles. The molecule has 0 spiro atoms. The number of amides is 1. The van der Waals surface area contributed by atoms with E-state index in [-0.39, 0.29) is 5.91 Å². The van der Waals surface area contributed by atoms with Gasteiger partial charge >= 0.3 is 0 Å². The highest BCUT2D eigenvalue weighted by Crippen LogP contribution is 2.27. The summed E-state index contributed by atoms with van der Waals surface area (Å²) < 4.78 is 11.0. The van der Waals surface area contributed by atoms with E-state index in [2.05, 4.69) is 12.2 Å². The summed E-state index contributed by atoms with van der Waals surface area (Å²) in [5.41, 5.74) is 2.99. The van der Waals surface area contributed by atoms with Gasteiger partial charge in [0.25, 0.3) is 5.91 Å². The van der Waals surface area contributed by atoms with Crippen LogP contribution in [0.1, 0.15) is 29.5 Å². The van der Waals surface area contributed by atoms with Crippen molar-refractivity contribution in [3.63, 3.8) is 0 Å². The predicted octanol–water partition coefficient (Wildman–Crippen LogP) is 5.21. The molecule has 5 nitrogen and oxygen atoms in total. The van der Waals surface area contributed by atoms with Crippen LogP contribution in [0.4, 0.5) is 0 Å². The van der Waals surface area contributed by atoms with Crippen LogP contribution in [0.3, 0.4) is 0 Å². The topological polar surface area (TPSA) is 64.4 Å². The molecule has 4 rings (SSSR count). The number of furan rings is 1. The number of hydrogen-bond donors (Lipinski definition) is 1. The lowest BCUT2D eigenvalue weighted by atomic mass is 10.0. The van der Waals surface area contributed by atoms with E-state index in [0.29, 0.717) is 24.5 Å². The van der Waals surface area contributed by atoms with Gasteiger partial charge in [-0.2, -0.15) is 0 Å². The first-order valence-electron chi connectivity index (χ1n) is 9.68. The fraction of sp³-hybridized carbons (Fsp3) is 0.167. The average Bonchev–Trinajstić information content (AvgIpc) is 3.29. The first-order chi connectivity index (χ1) is 14.2. The smallest absolute Gasteiger partial charge is 0.252 e. The van der Waals surface area contributed by atoms with Crippen molar-refractivity contribution in [2.24, 2.45) is 0 Å². The maximum atomic E-state index is 12.9. The third-order valence-electron chi connectivity index (χ3n) is 4.57. The lowest BCUT2D eigenvalue weighted by Crippen LogP contribution is -2.23. The van der Waals surface area contributed by atoms with Gasteiger partial charge in [-0.3, -0.25) is 4.79 Å². The number of nitrogens with zero attached hydrogens (tertiary/aromatic N) is 1. The van der Waals surface area contributed by atoms with Gasteiger partial charge in [-0.1, -0.05) is 37.3 Å². The van der Waals surface area contributed by atoms with E-state index in [1.54, 1.807) is 12.3 Å². The number of carbonyl (C=O) groups is 1. The van der Waals surface area contributed by atoms with Gasteiger partial charge < -0.3 is 14.5 Å². The number of rotatable bonds is 7. The van der Waals surface area contributed by atoms with E-state index in [4.69, 9.17) is 14.1 Å². The Hall–Kier alpha value is -3.60. The number of nitrogens with one attached hydrogen (secondary N) is 1. The molecular weight excluding hydrogens is 364 g/mol. The van der Waals surface area contributed by atoms with E-state index >= 15 is 0 Å². The maximum Gasteiger partial charge on any atom is 0.252 e. The lowest BCUT2D eigenvalue weighted by molar-refractivity contribution is 0.0949. The molecule has 0 fully saturated rings. The molecule has 0 aliphatic heterocycles. The van der Waals surface area contributed by atoms with Crippen molar-refractivity contribution in [2.45, 2.75) is 19.9 Å². The first-order valence-corrected chi connectivity index (χ1v) is 9.68. The summed E-state index contributed by atoms with van der Waals surface area (Å²) in [7, 11) is 0. The van der Waals surface area contributed by atoms with Crippen LogP contribution in [-0.4, -0.2) is 17.5 Å². The van der Waals surface area contributed by atoms with Crippen LogP contribution in [0, 0.1) is 0 Å². The van der Waals surface area contributed by atoms with Crippen molar-refractivity contribution in [3.05, 3.63) is 84.3 Å². The molecule has 1 N–H and O–H groups in total. The summed E-state index contributed by atoms with van der Waals surface area (Å²) in [5, 5.41) is 3.74. The molecule has 0 aliphatic carbocycles. The number of hydrogen-bond acceptors (Lipinski definition) is 4. The van der Waals surface area contributed by atoms with Crippen molar-refractivity contribution in [2.75, 3.05) is 6.61 Å². The Bertz CT molecular complexity index is 1120. The highest BCUT2D eigenvalue weighted by Gasteiger charge is 2.14. The minimum Gasteiger partial charge on any atom is -0.494 e. The molecule has 2 heterocycles. The maximum absolute atomic E-state index is 12.9. The Morgan fingerprint density at radius 3 is 2.79 bits per heavy atom. The molecular formula is C24H22N2O3. The summed E-state index contributed by atoms with van der Waals surface area (Å²) in [6, 6.07) is 20.9. The monoisotopic (exact) mass is 386 g/mol. The van der Waals surface area contributed by atoms with Crippen molar-refractivity contribution < 1.29 is 13.9 Å². The average molecular weight is 386 g/mol. The van der Waals surface area contributed by atoms with Crippen LogP contribution in [0.5, 0.6) is 5.75 Å². The number of benzene rings is 2. The molecule has 0 atom stereocenters. The van der Waals surface area contributed by atoms with E-state index in [9.17, 15) is 4.79 Å². The van der Waals surface area contributed by atoms with Gasteiger partial charge in [0.15, 0.2) is 0 Å². The van der Waals surface area contributed by atoms with Crippen molar-refractivity contribution >= 4 is 16.8 Å². The molecule has 0 saturated heterocycles. The molecule has 2 aromatic carbocycles. The molecule has 0 radical (unpaired) electrons. The van der Waals surface area contributed by atoms with Crippen molar-refractivity contribution in [3.8, 4) is 17.0 Å². The number of para-hydroxylation sites is 1. The van der Waals surface area contributed by atoms with Gasteiger partial charge in [0.1, 0.15) is 11.5 Å². The Morgan fingerprint density at radius 1 is 1.07 bits per heavy atom. The van der Waals surface area contributed by atoms with Crippen molar-refractivity contribution in [1.29, 1.82) is 0 Å². The summed E-state index contributed by atoms with van der Waals surface area (Å²) in [4.78, 5) is 17.7. The fourth-order valence-corrected chi connectivity index (χ4v) is 3.15. The lowest BCUT2D eigenvalue weighted by Gasteiger charge is -2.11. The van der Waals surface area contributed by atoms with E-state index < -0.39 is 0 Å².